The van der Waals surface area contributed by atoms with E-state index < -0.39 is 0 Å². The zero-order valence-electron chi connectivity index (χ0n) is 11.1. The predicted molar refractivity (Wildman–Crippen MR) is 83.0 cm³/mol. The first kappa shape index (κ1) is 13.8. The molecule has 0 radical (unpaired) electrons. The average molecular weight is 318 g/mol. The maximum atomic E-state index is 12.3. The Morgan fingerprint density at radius 1 is 1.05 bits per heavy atom. The molecule has 0 aliphatic carbocycles. The number of carbonyl (C=O) groups is 1. The van der Waals surface area contributed by atoms with Crippen LogP contribution in [0.3, 0.4) is 0 Å². The molecule has 0 aliphatic rings. The van der Waals surface area contributed by atoms with E-state index in [-0.39, 0.29) is 5.91 Å². The van der Waals surface area contributed by atoms with Gasteiger partial charge < -0.3 is 4.90 Å². The smallest absolute Gasteiger partial charge is 0.258 e. The summed E-state index contributed by atoms with van der Waals surface area (Å²) in [5, 5.41) is 0.801. The van der Waals surface area contributed by atoms with Crippen LogP contribution in [0.1, 0.15) is 21.5 Å². The van der Waals surface area contributed by atoms with E-state index in [1.165, 1.54) is 5.56 Å². The Balaban J connectivity index is 2.20. The molecule has 0 spiro atoms. The molecule has 0 heterocycles. The summed E-state index contributed by atoms with van der Waals surface area (Å²) in [6.45, 7) is 2.03. The quantitative estimate of drug-likeness (QED) is 0.778. The highest BCUT2D eigenvalue weighted by atomic mass is 79.9. The molecule has 98 valence electrons. The van der Waals surface area contributed by atoms with E-state index >= 15 is 0 Å². The van der Waals surface area contributed by atoms with Crippen molar-refractivity contribution >= 4 is 27.5 Å². The second-order valence-corrected chi connectivity index (χ2v) is 5.09. The Kier molecular flexibility index (Phi) is 4.38. The van der Waals surface area contributed by atoms with Crippen molar-refractivity contribution in [2.24, 2.45) is 0 Å². The lowest BCUT2D eigenvalue weighted by Gasteiger charge is -2.17. The van der Waals surface area contributed by atoms with Crippen LogP contribution in [0, 0.1) is 6.92 Å². The second kappa shape index (κ2) is 6.02. The van der Waals surface area contributed by atoms with Gasteiger partial charge in [0.25, 0.3) is 5.91 Å². The summed E-state index contributed by atoms with van der Waals surface area (Å²) < 4.78 is 0. The number of halogens is 1. The summed E-state index contributed by atoms with van der Waals surface area (Å²) in [5.41, 5.74) is 3.95. The fourth-order valence-electron chi connectivity index (χ4n) is 1.82. The number of benzene rings is 2. The fraction of sp³-hybridized carbons (Fsp3) is 0.188. The monoisotopic (exact) mass is 317 g/mol. The van der Waals surface area contributed by atoms with E-state index in [0.717, 1.165) is 16.6 Å². The van der Waals surface area contributed by atoms with Crippen molar-refractivity contribution in [1.82, 2.24) is 0 Å². The van der Waals surface area contributed by atoms with Crippen molar-refractivity contribution in [2.45, 2.75) is 12.3 Å². The van der Waals surface area contributed by atoms with Gasteiger partial charge in [0, 0.05) is 23.6 Å². The zero-order valence-corrected chi connectivity index (χ0v) is 12.6. The van der Waals surface area contributed by atoms with Crippen LogP contribution in [0.25, 0.3) is 0 Å². The number of hydrogen-bond donors (Lipinski definition) is 0. The first-order valence-electron chi connectivity index (χ1n) is 6.11. The van der Waals surface area contributed by atoms with Crippen LogP contribution < -0.4 is 4.90 Å². The predicted octanol–water partition coefficient (Wildman–Crippen LogP) is 4.17. The van der Waals surface area contributed by atoms with Crippen LogP contribution >= 0.6 is 15.9 Å². The van der Waals surface area contributed by atoms with Gasteiger partial charge in [0.1, 0.15) is 0 Å². The Hall–Kier alpha value is -1.61. The van der Waals surface area contributed by atoms with Crippen molar-refractivity contribution in [3.05, 3.63) is 65.2 Å². The summed E-state index contributed by atoms with van der Waals surface area (Å²) >= 11 is 3.40. The maximum absolute atomic E-state index is 12.3. The van der Waals surface area contributed by atoms with Crippen molar-refractivity contribution < 1.29 is 4.79 Å². The molecule has 2 aromatic carbocycles. The molecule has 0 bridgehead atoms. The van der Waals surface area contributed by atoms with Gasteiger partial charge in [0.05, 0.1) is 0 Å². The largest absolute Gasteiger partial charge is 0.311 e. The molecule has 0 saturated carbocycles. The zero-order chi connectivity index (χ0) is 13.8. The summed E-state index contributed by atoms with van der Waals surface area (Å²) in [6, 6.07) is 15.6. The van der Waals surface area contributed by atoms with Gasteiger partial charge in [0.2, 0.25) is 0 Å². The SMILES string of the molecule is Cc1ccc(N(C)C(=O)c2ccc(CBr)cc2)cc1. The van der Waals surface area contributed by atoms with Crippen molar-refractivity contribution in [1.29, 1.82) is 0 Å². The number of aryl methyl sites for hydroxylation is 1. The number of anilines is 1. The molecule has 0 atom stereocenters. The summed E-state index contributed by atoms with van der Waals surface area (Å²) in [5.74, 6) is 0.00461. The highest BCUT2D eigenvalue weighted by Gasteiger charge is 2.12. The highest BCUT2D eigenvalue weighted by Crippen LogP contribution is 2.17. The van der Waals surface area contributed by atoms with Gasteiger partial charge in [-0.15, -0.1) is 0 Å². The van der Waals surface area contributed by atoms with Crippen molar-refractivity contribution in [3.63, 3.8) is 0 Å². The van der Waals surface area contributed by atoms with Gasteiger partial charge >= 0.3 is 0 Å². The summed E-state index contributed by atoms with van der Waals surface area (Å²) in [4.78, 5) is 14.0. The Morgan fingerprint density at radius 3 is 2.16 bits per heavy atom. The van der Waals surface area contributed by atoms with E-state index in [2.05, 4.69) is 15.9 Å². The Labute approximate surface area is 122 Å². The molecular weight excluding hydrogens is 302 g/mol. The minimum Gasteiger partial charge on any atom is -0.311 e. The summed E-state index contributed by atoms with van der Waals surface area (Å²) in [7, 11) is 1.80. The molecule has 2 rings (SSSR count). The van der Waals surface area contributed by atoms with Crippen LogP contribution in [0.4, 0.5) is 5.69 Å². The number of amides is 1. The highest BCUT2D eigenvalue weighted by molar-refractivity contribution is 9.08. The maximum Gasteiger partial charge on any atom is 0.258 e. The standard InChI is InChI=1S/C16H16BrNO/c1-12-3-9-15(10-4-12)18(2)16(19)14-7-5-13(11-17)6-8-14/h3-10H,11H2,1-2H3. The van der Waals surface area contributed by atoms with Gasteiger partial charge in [-0.2, -0.15) is 0 Å². The topological polar surface area (TPSA) is 20.3 Å². The third-order valence-electron chi connectivity index (χ3n) is 3.08. The lowest BCUT2D eigenvalue weighted by atomic mass is 10.1. The fourth-order valence-corrected chi connectivity index (χ4v) is 2.19. The normalized spacial score (nSPS) is 10.3. The lowest BCUT2D eigenvalue weighted by Crippen LogP contribution is -2.26. The third kappa shape index (κ3) is 3.24. The molecule has 19 heavy (non-hydrogen) atoms. The molecular formula is C16H16BrNO. The van der Waals surface area contributed by atoms with Crippen LogP contribution in [0.2, 0.25) is 0 Å². The second-order valence-electron chi connectivity index (χ2n) is 4.53. The van der Waals surface area contributed by atoms with E-state index in [1.807, 2.05) is 55.5 Å². The minimum absolute atomic E-state index is 0.00461. The average Bonchev–Trinajstić information content (AvgIpc) is 2.46. The number of alkyl halides is 1. The Morgan fingerprint density at radius 2 is 1.63 bits per heavy atom. The van der Waals surface area contributed by atoms with Crippen LogP contribution in [0.15, 0.2) is 48.5 Å². The molecule has 0 N–H and O–H groups in total. The molecule has 0 fully saturated rings. The molecule has 2 aromatic rings. The lowest BCUT2D eigenvalue weighted by molar-refractivity contribution is 0.0993. The van der Waals surface area contributed by atoms with Gasteiger partial charge in [-0.05, 0) is 36.8 Å². The molecule has 1 amide bonds. The van der Waals surface area contributed by atoms with E-state index in [1.54, 1.807) is 11.9 Å². The molecule has 0 aliphatic heterocycles. The van der Waals surface area contributed by atoms with Gasteiger partial charge in [-0.3, -0.25) is 4.79 Å². The van der Waals surface area contributed by atoms with Crippen LogP contribution in [-0.4, -0.2) is 13.0 Å². The van der Waals surface area contributed by atoms with Crippen LogP contribution in [-0.2, 0) is 5.33 Å². The van der Waals surface area contributed by atoms with Crippen LogP contribution in [0.5, 0.6) is 0 Å². The number of nitrogens with zero attached hydrogens (tertiary/aromatic N) is 1. The van der Waals surface area contributed by atoms with E-state index in [4.69, 9.17) is 0 Å². The molecule has 3 heteroatoms. The molecule has 0 saturated heterocycles. The third-order valence-corrected chi connectivity index (χ3v) is 3.73. The van der Waals surface area contributed by atoms with E-state index in [9.17, 15) is 4.79 Å². The van der Waals surface area contributed by atoms with Gasteiger partial charge in [-0.25, -0.2) is 0 Å². The van der Waals surface area contributed by atoms with Gasteiger partial charge in [0.15, 0.2) is 0 Å². The minimum atomic E-state index is 0.00461. The van der Waals surface area contributed by atoms with Gasteiger partial charge in [-0.1, -0.05) is 45.8 Å². The van der Waals surface area contributed by atoms with Crippen molar-refractivity contribution in [3.8, 4) is 0 Å². The van der Waals surface area contributed by atoms with Crippen molar-refractivity contribution in [2.75, 3.05) is 11.9 Å². The summed E-state index contributed by atoms with van der Waals surface area (Å²) in [6.07, 6.45) is 0. The Bertz CT molecular complexity index is 560. The number of carbonyl (C=O) groups excluding carboxylic acids is 1. The number of hydrogen-bond acceptors (Lipinski definition) is 1. The number of rotatable bonds is 3. The van der Waals surface area contributed by atoms with E-state index in [0.29, 0.717) is 5.56 Å². The molecule has 0 unspecified atom stereocenters. The first-order valence-corrected chi connectivity index (χ1v) is 7.23. The molecule has 2 nitrogen and oxygen atoms in total. The first-order chi connectivity index (χ1) is 9.11. The molecule has 0 aromatic heterocycles.